The van der Waals surface area contributed by atoms with Gasteiger partial charge in [-0.3, -0.25) is 0 Å². The molecule has 0 unspecified atom stereocenters. The first-order valence-electron chi connectivity index (χ1n) is 4.07. The largest absolute Gasteiger partial charge is 0.477 e. The maximum absolute atomic E-state index is 12.9. The first-order chi connectivity index (χ1) is 7.08. The van der Waals surface area contributed by atoms with Crippen molar-refractivity contribution in [3.05, 3.63) is 40.2 Å². The number of carboxylic acids is 1. The highest BCUT2D eigenvalue weighted by atomic mass is 79.9. The molecule has 0 fully saturated rings. The number of nitrogens with zero attached hydrogens (tertiary/aromatic N) is 1. The fourth-order valence-electron chi connectivity index (χ4n) is 1.27. The molecule has 0 aliphatic rings. The Hall–Kier alpha value is -1.49. The van der Waals surface area contributed by atoms with Gasteiger partial charge in [-0.25, -0.2) is 14.2 Å². The van der Waals surface area contributed by atoms with Crippen LogP contribution in [-0.4, -0.2) is 16.1 Å². The SMILES string of the molecule is O=C(O)c1cc(Br)c2ccc(F)cc2n1. The maximum atomic E-state index is 12.9. The van der Waals surface area contributed by atoms with Gasteiger partial charge in [0, 0.05) is 15.9 Å². The molecule has 76 valence electrons. The third kappa shape index (κ3) is 1.83. The van der Waals surface area contributed by atoms with Gasteiger partial charge in [-0.05, 0) is 18.2 Å². The van der Waals surface area contributed by atoms with Gasteiger partial charge in [-0.15, -0.1) is 0 Å². The van der Waals surface area contributed by atoms with Crippen molar-refractivity contribution in [2.24, 2.45) is 0 Å². The Bertz CT molecular complexity index is 556. The van der Waals surface area contributed by atoms with E-state index in [-0.39, 0.29) is 5.69 Å². The van der Waals surface area contributed by atoms with Gasteiger partial charge in [-0.2, -0.15) is 0 Å². The topological polar surface area (TPSA) is 50.2 Å². The van der Waals surface area contributed by atoms with Gasteiger partial charge < -0.3 is 5.11 Å². The molecule has 1 aromatic heterocycles. The highest BCUT2D eigenvalue weighted by molar-refractivity contribution is 9.10. The van der Waals surface area contributed by atoms with Crippen molar-refractivity contribution in [3.8, 4) is 0 Å². The van der Waals surface area contributed by atoms with Crippen LogP contribution in [0.25, 0.3) is 10.9 Å². The molecule has 0 saturated heterocycles. The quantitative estimate of drug-likeness (QED) is 0.866. The van der Waals surface area contributed by atoms with Crippen molar-refractivity contribution in [2.75, 3.05) is 0 Å². The number of hydrogen-bond acceptors (Lipinski definition) is 2. The molecule has 3 nitrogen and oxygen atoms in total. The third-order valence-electron chi connectivity index (χ3n) is 1.94. The van der Waals surface area contributed by atoms with Crippen molar-refractivity contribution in [1.82, 2.24) is 4.98 Å². The smallest absolute Gasteiger partial charge is 0.354 e. The summed E-state index contributed by atoms with van der Waals surface area (Å²) in [5.41, 5.74) is 0.210. The van der Waals surface area contributed by atoms with Crippen LogP contribution in [0.1, 0.15) is 10.5 Å². The summed E-state index contributed by atoms with van der Waals surface area (Å²) in [4.78, 5) is 14.5. The molecule has 0 atom stereocenters. The van der Waals surface area contributed by atoms with E-state index in [1.165, 1.54) is 18.2 Å². The van der Waals surface area contributed by atoms with E-state index in [1.807, 2.05) is 0 Å². The maximum Gasteiger partial charge on any atom is 0.354 e. The molecule has 0 radical (unpaired) electrons. The molecule has 2 aromatic rings. The van der Waals surface area contributed by atoms with Crippen LogP contribution in [0.15, 0.2) is 28.7 Å². The number of aromatic carboxylic acids is 1. The summed E-state index contributed by atoms with van der Waals surface area (Å²) in [5.74, 6) is -1.58. The van der Waals surface area contributed by atoms with Crippen LogP contribution in [0.2, 0.25) is 0 Å². The van der Waals surface area contributed by atoms with E-state index in [9.17, 15) is 9.18 Å². The molecule has 0 bridgehead atoms. The minimum Gasteiger partial charge on any atom is -0.477 e. The van der Waals surface area contributed by atoms with E-state index in [0.29, 0.717) is 15.4 Å². The minimum atomic E-state index is -1.14. The third-order valence-corrected chi connectivity index (χ3v) is 2.60. The monoisotopic (exact) mass is 269 g/mol. The van der Waals surface area contributed by atoms with Crippen molar-refractivity contribution in [1.29, 1.82) is 0 Å². The van der Waals surface area contributed by atoms with Crippen molar-refractivity contribution in [2.45, 2.75) is 0 Å². The van der Waals surface area contributed by atoms with Crippen LogP contribution >= 0.6 is 15.9 Å². The molecular weight excluding hydrogens is 265 g/mol. The summed E-state index contributed by atoms with van der Waals surface area (Å²) in [6.07, 6.45) is 0. The molecular formula is C10H5BrFNO2. The Morgan fingerprint density at radius 1 is 1.40 bits per heavy atom. The molecule has 0 aliphatic heterocycles. The molecule has 0 amide bonds. The molecule has 1 heterocycles. The van der Waals surface area contributed by atoms with E-state index >= 15 is 0 Å². The van der Waals surface area contributed by atoms with Gasteiger partial charge in [-0.1, -0.05) is 15.9 Å². The van der Waals surface area contributed by atoms with Crippen molar-refractivity contribution in [3.63, 3.8) is 0 Å². The molecule has 0 spiro atoms. The second-order valence-corrected chi connectivity index (χ2v) is 3.81. The predicted molar refractivity (Wildman–Crippen MR) is 56.4 cm³/mol. The van der Waals surface area contributed by atoms with Gasteiger partial charge in [0.15, 0.2) is 0 Å². The average Bonchev–Trinajstić information content (AvgIpc) is 2.16. The summed E-state index contributed by atoms with van der Waals surface area (Å²) in [6, 6.07) is 5.44. The van der Waals surface area contributed by atoms with Crippen LogP contribution < -0.4 is 0 Å². The fourth-order valence-corrected chi connectivity index (χ4v) is 1.82. The zero-order valence-corrected chi connectivity index (χ0v) is 8.95. The lowest BCUT2D eigenvalue weighted by Crippen LogP contribution is -2.00. The number of rotatable bonds is 1. The van der Waals surface area contributed by atoms with E-state index in [2.05, 4.69) is 20.9 Å². The number of benzene rings is 1. The first kappa shape index (κ1) is 10.0. The van der Waals surface area contributed by atoms with Crippen molar-refractivity contribution >= 4 is 32.8 Å². The number of aromatic nitrogens is 1. The van der Waals surface area contributed by atoms with Crippen LogP contribution in [0.5, 0.6) is 0 Å². The highest BCUT2D eigenvalue weighted by Crippen LogP contribution is 2.24. The molecule has 1 N–H and O–H groups in total. The van der Waals surface area contributed by atoms with Gasteiger partial charge in [0.25, 0.3) is 0 Å². The van der Waals surface area contributed by atoms with Gasteiger partial charge in [0.1, 0.15) is 11.5 Å². The molecule has 2 rings (SSSR count). The lowest BCUT2D eigenvalue weighted by Gasteiger charge is -2.02. The number of carboxylic acid groups (broad SMARTS) is 1. The standard InChI is InChI=1S/C10H5BrFNO2/c11-7-4-9(10(14)15)13-8-3-5(12)1-2-6(7)8/h1-4H,(H,14,15). The summed E-state index contributed by atoms with van der Waals surface area (Å²) < 4.78 is 13.5. The highest BCUT2D eigenvalue weighted by Gasteiger charge is 2.09. The molecule has 1 aromatic carbocycles. The van der Waals surface area contributed by atoms with E-state index in [4.69, 9.17) is 5.11 Å². The first-order valence-corrected chi connectivity index (χ1v) is 4.86. The Kier molecular flexibility index (Phi) is 2.40. The second-order valence-electron chi connectivity index (χ2n) is 2.96. The van der Waals surface area contributed by atoms with Crippen LogP contribution in [-0.2, 0) is 0 Å². The van der Waals surface area contributed by atoms with Crippen molar-refractivity contribution < 1.29 is 14.3 Å². The number of hydrogen-bond donors (Lipinski definition) is 1. The Labute approximate surface area is 92.7 Å². The van der Waals surface area contributed by atoms with E-state index in [1.54, 1.807) is 6.07 Å². The number of pyridine rings is 1. The predicted octanol–water partition coefficient (Wildman–Crippen LogP) is 2.83. The Morgan fingerprint density at radius 3 is 2.80 bits per heavy atom. The second kappa shape index (κ2) is 3.58. The molecule has 15 heavy (non-hydrogen) atoms. The Morgan fingerprint density at radius 2 is 2.13 bits per heavy atom. The Balaban J connectivity index is 2.79. The normalized spacial score (nSPS) is 10.5. The lowest BCUT2D eigenvalue weighted by molar-refractivity contribution is 0.0691. The van der Waals surface area contributed by atoms with Crippen LogP contribution in [0.4, 0.5) is 4.39 Å². The summed E-state index contributed by atoms with van der Waals surface area (Å²) in [5, 5.41) is 9.44. The van der Waals surface area contributed by atoms with E-state index < -0.39 is 11.8 Å². The fraction of sp³-hybridized carbons (Fsp3) is 0. The van der Waals surface area contributed by atoms with Crippen LogP contribution in [0, 0.1) is 5.82 Å². The van der Waals surface area contributed by atoms with E-state index in [0.717, 1.165) is 0 Å². The zero-order valence-electron chi connectivity index (χ0n) is 7.37. The summed E-state index contributed by atoms with van der Waals surface area (Å²) >= 11 is 3.21. The lowest BCUT2D eigenvalue weighted by atomic mass is 10.2. The summed E-state index contributed by atoms with van der Waals surface area (Å²) in [7, 11) is 0. The van der Waals surface area contributed by atoms with Gasteiger partial charge >= 0.3 is 5.97 Å². The molecule has 0 saturated carbocycles. The van der Waals surface area contributed by atoms with Gasteiger partial charge in [0.2, 0.25) is 0 Å². The number of fused-ring (bicyclic) bond motifs is 1. The number of halogens is 2. The zero-order chi connectivity index (χ0) is 11.0. The van der Waals surface area contributed by atoms with Gasteiger partial charge in [0.05, 0.1) is 5.52 Å². The average molecular weight is 270 g/mol. The minimum absolute atomic E-state index is 0.111. The van der Waals surface area contributed by atoms with Crippen LogP contribution in [0.3, 0.4) is 0 Å². The molecule has 5 heteroatoms. The summed E-state index contributed by atoms with van der Waals surface area (Å²) in [6.45, 7) is 0. The number of carbonyl (C=O) groups is 1. The molecule has 0 aliphatic carbocycles.